The molecule has 0 atom stereocenters. The summed E-state index contributed by atoms with van der Waals surface area (Å²) >= 11 is 0. The van der Waals surface area contributed by atoms with Crippen LogP contribution in [0, 0.1) is 23.2 Å². The SMILES string of the molecule is CCNc1nc(N/C(=C/N)C(C)=NCC2CC(C#N)C2)ncc1C(F)(F)F. The van der Waals surface area contributed by atoms with Crippen molar-refractivity contribution in [3.05, 3.63) is 23.7 Å². The third kappa shape index (κ3) is 5.32. The van der Waals surface area contributed by atoms with Crippen molar-refractivity contribution >= 4 is 17.5 Å². The molecule has 1 aliphatic carbocycles. The van der Waals surface area contributed by atoms with E-state index in [0.29, 0.717) is 23.9 Å². The molecule has 1 heterocycles. The first-order chi connectivity index (χ1) is 12.8. The highest BCUT2D eigenvalue weighted by Gasteiger charge is 2.35. The first-order valence-corrected chi connectivity index (χ1v) is 8.56. The van der Waals surface area contributed by atoms with E-state index in [0.717, 1.165) is 19.0 Å². The Morgan fingerprint density at radius 2 is 2.19 bits per heavy atom. The van der Waals surface area contributed by atoms with Gasteiger partial charge in [-0.05, 0) is 32.6 Å². The number of hydrogen-bond acceptors (Lipinski definition) is 7. The number of nitrogens with two attached hydrogens (primary N) is 1. The van der Waals surface area contributed by atoms with Crippen LogP contribution >= 0.6 is 0 Å². The minimum atomic E-state index is -4.55. The summed E-state index contributed by atoms with van der Waals surface area (Å²) in [6.07, 6.45) is -0.896. The third-order valence-electron chi connectivity index (χ3n) is 4.25. The van der Waals surface area contributed by atoms with Gasteiger partial charge >= 0.3 is 6.18 Å². The van der Waals surface area contributed by atoms with E-state index >= 15 is 0 Å². The highest BCUT2D eigenvalue weighted by atomic mass is 19.4. The minimum absolute atomic E-state index is 0.0154. The monoisotopic (exact) mass is 381 g/mol. The molecule has 0 saturated heterocycles. The topological polar surface area (TPSA) is 112 Å². The van der Waals surface area contributed by atoms with Crippen molar-refractivity contribution in [3.8, 4) is 6.07 Å². The fraction of sp³-hybridized carbons (Fsp3) is 0.529. The number of allylic oxidation sites excluding steroid dienone is 1. The molecule has 1 fully saturated rings. The maximum Gasteiger partial charge on any atom is 0.421 e. The standard InChI is InChI=1S/C17H22F3N7/c1-3-23-15-13(17(18,19)20)9-25-16(27-15)26-14(7-22)10(2)24-8-12-4-11(5-12)6-21/h7,9,11-12H,3-5,8,22H2,1-2H3,(H2,23,25,26,27)/b14-7+,24-10?. The van der Waals surface area contributed by atoms with Crippen molar-refractivity contribution in [1.82, 2.24) is 9.97 Å². The summed E-state index contributed by atoms with van der Waals surface area (Å²) in [4.78, 5) is 12.1. The molecule has 1 aromatic rings. The van der Waals surface area contributed by atoms with Gasteiger partial charge in [-0.1, -0.05) is 0 Å². The quantitative estimate of drug-likeness (QED) is 0.626. The normalized spacial score (nSPS) is 20.6. The third-order valence-corrected chi connectivity index (χ3v) is 4.25. The molecule has 4 N–H and O–H groups in total. The van der Waals surface area contributed by atoms with Crippen LogP contribution < -0.4 is 16.4 Å². The Morgan fingerprint density at radius 1 is 1.48 bits per heavy atom. The Morgan fingerprint density at radius 3 is 2.74 bits per heavy atom. The van der Waals surface area contributed by atoms with Crippen molar-refractivity contribution in [3.63, 3.8) is 0 Å². The summed E-state index contributed by atoms with van der Waals surface area (Å²) < 4.78 is 39.1. The smallest absolute Gasteiger partial charge is 0.403 e. The summed E-state index contributed by atoms with van der Waals surface area (Å²) in [6, 6.07) is 2.22. The molecule has 27 heavy (non-hydrogen) atoms. The van der Waals surface area contributed by atoms with Gasteiger partial charge in [0.15, 0.2) is 0 Å². The second-order valence-electron chi connectivity index (χ2n) is 6.28. The first kappa shape index (κ1) is 20.5. The van der Waals surface area contributed by atoms with Gasteiger partial charge in [0.1, 0.15) is 11.4 Å². The molecule has 0 spiro atoms. The zero-order valence-corrected chi connectivity index (χ0v) is 15.1. The van der Waals surface area contributed by atoms with E-state index in [1.165, 1.54) is 6.20 Å². The molecule has 1 aliphatic rings. The number of aromatic nitrogens is 2. The van der Waals surface area contributed by atoms with Crippen molar-refractivity contribution in [2.24, 2.45) is 22.6 Å². The van der Waals surface area contributed by atoms with Crippen LogP contribution in [0.15, 0.2) is 23.1 Å². The van der Waals surface area contributed by atoms with Gasteiger partial charge in [-0.15, -0.1) is 0 Å². The molecule has 1 saturated carbocycles. The number of halogens is 3. The molecule has 0 aliphatic heterocycles. The van der Waals surface area contributed by atoms with Crippen LogP contribution in [0.25, 0.3) is 0 Å². The lowest BCUT2D eigenvalue weighted by Gasteiger charge is -2.29. The molecule has 0 unspecified atom stereocenters. The van der Waals surface area contributed by atoms with Crippen LogP contribution in [-0.4, -0.2) is 28.8 Å². The molecule has 0 aromatic carbocycles. The van der Waals surface area contributed by atoms with Crippen LogP contribution in [0.4, 0.5) is 24.9 Å². The van der Waals surface area contributed by atoms with Gasteiger partial charge in [0, 0.05) is 31.4 Å². The molecule has 7 nitrogen and oxygen atoms in total. The van der Waals surface area contributed by atoms with Gasteiger partial charge in [-0.3, -0.25) is 4.99 Å². The fourth-order valence-corrected chi connectivity index (χ4v) is 2.67. The molecule has 0 bridgehead atoms. The van der Waals surface area contributed by atoms with Gasteiger partial charge in [0.2, 0.25) is 5.95 Å². The van der Waals surface area contributed by atoms with E-state index in [1.807, 2.05) is 0 Å². The Hall–Kier alpha value is -2.83. The Kier molecular flexibility index (Phi) is 6.60. The van der Waals surface area contributed by atoms with Gasteiger partial charge in [-0.2, -0.15) is 23.4 Å². The average Bonchev–Trinajstić information content (AvgIpc) is 2.57. The van der Waals surface area contributed by atoms with Gasteiger partial charge in [-0.25, -0.2) is 4.98 Å². The summed E-state index contributed by atoms with van der Waals surface area (Å²) in [7, 11) is 0. The predicted octanol–water partition coefficient (Wildman–Crippen LogP) is 3.15. The maximum atomic E-state index is 13.0. The lowest BCUT2D eigenvalue weighted by Crippen LogP contribution is -2.25. The van der Waals surface area contributed by atoms with Gasteiger partial charge in [0.25, 0.3) is 0 Å². The fourth-order valence-electron chi connectivity index (χ4n) is 2.67. The van der Waals surface area contributed by atoms with Crippen molar-refractivity contribution in [2.45, 2.75) is 32.9 Å². The van der Waals surface area contributed by atoms with Crippen LogP contribution in [0.1, 0.15) is 32.3 Å². The highest BCUT2D eigenvalue weighted by molar-refractivity contribution is 6.00. The van der Waals surface area contributed by atoms with Gasteiger partial charge < -0.3 is 16.4 Å². The molecular formula is C17H22F3N7. The maximum absolute atomic E-state index is 13.0. The van der Waals surface area contributed by atoms with Crippen molar-refractivity contribution in [1.29, 1.82) is 5.26 Å². The summed E-state index contributed by atoms with van der Waals surface area (Å²) in [5.74, 6) is 0.161. The van der Waals surface area contributed by atoms with E-state index in [4.69, 9.17) is 11.0 Å². The Bertz CT molecular complexity index is 759. The van der Waals surface area contributed by atoms with Crippen LogP contribution in [-0.2, 0) is 6.18 Å². The molecule has 10 heteroatoms. The molecule has 0 radical (unpaired) electrons. The van der Waals surface area contributed by atoms with Gasteiger partial charge in [0.05, 0.1) is 17.5 Å². The van der Waals surface area contributed by atoms with E-state index in [2.05, 4.69) is 31.7 Å². The van der Waals surface area contributed by atoms with Crippen LogP contribution in [0.3, 0.4) is 0 Å². The molecular weight excluding hydrogens is 359 g/mol. The van der Waals surface area contributed by atoms with E-state index < -0.39 is 11.7 Å². The molecule has 146 valence electrons. The van der Waals surface area contributed by atoms with Crippen LogP contribution in [0.2, 0.25) is 0 Å². The second kappa shape index (κ2) is 8.70. The van der Waals surface area contributed by atoms with E-state index in [-0.39, 0.29) is 24.2 Å². The largest absolute Gasteiger partial charge is 0.421 e. The number of hydrogen-bond donors (Lipinski definition) is 3. The lowest BCUT2D eigenvalue weighted by atomic mass is 9.76. The van der Waals surface area contributed by atoms with E-state index in [1.54, 1.807) is 13.8 Å². The summed E-state index contributed by atoms with van der Waals surface area (Å²) in [6.45, 7) is 4.26. The Labute approximate surface area is 155 Å². The number of anilines is 2. The van der Waals surface area contributed by atoms with Crippen LogP contribution in [0.5, 0.6) is 0 Å². The molecule has 2 rings (SSSR count). The number of nitrogens with one attached hydrogen (secondary N) is 2. The first-order valence-electron chi connectivity index (χ1n) is 8.56. The number of nitriles is 1. The minimum Gasteiger partial charge on any atom is -0.403 e. The summed E-state index contributed by atoms with van der Waals surface area (Å²) in [5.41, 5.74) is 5.68. The van der Waals surface area contributed by atoms with Crippen molar-refractivity contribution < 1.29 is 13.2 Å². The lowest BCUT2D eigenvalue weighted by molar-refractivity contribution is -0.137. The number of nitrogens with zero attached hydrogens (tertiary/aromatic N) is 4. The van der Waals surface area contributed by atoms with E-state index in [9.17, 15) is 13.2 Å². The number of aliphatic imine (C=N–C) groups is 1. The number of rotatable bonds is 7. The molecule has 1 aromatic heterocycles. The second-order valence-corrected chi connectivity index (χ2v) is 6.28. The summed E-state index contributed by atoms with van der Waals surface area (Å²) in [5, 5.41) is 14.2. The van der Waals surface area contributed by atoms with Crippen molar-refractivity contribution in [2.75, 3.05) is 23.7 Å². The Balaban J connectivity index is 2.09. The zero-order chi connectivity index (χ0) is 20.0. The predicted molar refractivity (Wildman–Crippen MR) is 96.9 cm³/mol. The molecule has 0 amide bonds. The zero-order valence-electron chi connectivity index (χ0n) is 15.1. The average molecular weight is 381 g/mol. The highest BCUT2D eigenvalue weighted by Crippen LogP contribution is 2.34. The number of alkyl halides is 3.